The van der Waals surface area contributed by atoms with Crippen LogP contribution in [0.5, 0.6) is 5.75 Å². The van der Waals surface area contributed by atoms with Crippen molar-refractivity contribution < 1.29 is 19.0 Å². The van der Waals surface area contributed by atoms with Crippen molar-refractivity contribution in [3.8, 4) is 5.75 Å². The van der Waals surface area contributed by atoms with Crippen LogP contribution in [0, 0.1) is 0 Å². The molecule has 2 atom stereocenters. The van der Waals surface area contributed by atoms with E-state index in [1.165, 1.54) is 0 Å². The van der Waals surface area contributed by atoms with Gasteiger partial charge in [-0.25, -0.2) is 0 Å². The van der Waals surface area contributed by atoms with Crippen molar-refractivity contribution in [3.05, 3.63) is 112 Å². The first kappa shape index (κ1) is 29.3. The Balaban J connectivity index is 0.964. The molecule has 8 nitrogen and oxygen atoms in total. The molecule has 2 saturated heterocycles. The number of carbonyl (C=O) groups is 1. The zero-order valence-electron chi connectivity index (χ0n) is 23.7. The summed E-state index contributed by atoms with van der Waals surface area (Å²) in [5.74, 6) is -0.339. The van der Waals surface area contributed by atoms with Crippen LogP contribution in [-0.4, -0.2) is 56.4 Å². The number of rotatable bonds is 8. The molecule has 43 heavy (non-hydrogen) atoms. The number of pyridine rings is 1. The van der Waals surface area contributed by atoms with Crippen LogP contribution in [0.4, 0.5) is 17.1 Å². The Kier molecular flexibility index (Phi) is 8.72. The quantitative estimate of drug-likeness (QED) is 0.237. The Morgan fingerprint density at radius 1 is 0.977 bits per heavy atom. The highest BCUT2D eigenvalue weighted by Crippen LogP contribution is 2.38. The normalized spacial score (nSPS) is 20.2. The Morgan fingerprint density at radius 3 is 2.28 bits per heavy atom. The van der Waals surface area contributed by atoms with Gasteiger partial charge in [0, 0.05) is 66.2 Å². The molecule has 2 fully saturated rings. The SMILES string of the molecule is C[C@]1(c2ccc(Cl)cc2Cl)OC[C@@H](COc2ccc(N3CCN(c4ccc(NC(=O)c5cccnc5)cc4)CC3)cc2)O1. The summed E-state index contributed by atoms with van der Waals surface area (Å²) in [5.41, 5.74) is 4.32. The lowest BCUT2D eigenvalue weighted by molar-refractivity contribution is -0.164. The summed E-state index contributed by atoms with van der Waals surface area (Å²) in [4.78, 5) is 21.1. The molecule has 4 aromatic rings. The minimum atomic E-state index is -0.944. The van der Waals surface area contributed by atoms with E-state index in [1.54, 1.807) is 36.7 Å². The largest absolute Gasteiger partial charge is 0.491 e. The average molecular weight is 620 g/mol. The average Bonchev–Trinajstić information content (AvgIpc) is 3.42. The number of carbonyl (C=O) groups excluding carboxylic acids is 1. The number of piperazine rings is 1. The highest BCUT2D eigenvalue weighted by molar-refractivity contribution is 6.35. The lowest BCUT2D eigenvalue weighted by Crippen LogP contribution is -2.46. The van der Waals surface area contributed by atoms with Gasteiger partial charge in [-0.05, 0) is 79.7 Å². The van der Waals surface area contributed by atoms with Gasteiger partial charge in [0.25, 0.3) is 5.91 Å². The standard InChI is InChI=1S/C33H32Cl2N4O4/c1-33(30-13-4-24(34)19-31(30)35)42-22-29(43-33)21-41-28-11-9-27(10-12-28)39-17-15-38(16-18-39)26-7-5-25(6-8-26)37-32(40)23-3-2-14-36-20-23/h2-14,19-20,29H,15-18,21-22H2,1H3,(H,37,40)/t29-,33+/m1/s1. The fraction of sp³-hybridized carbons (Fsp3) is 0.273. The predicted octanol–water partition coefficient (Wildman–Crippen LogP) is 6.63. The maximum absolute atomic E-state index is 12.4. The van der Waals surface area contributed by atoms with Gasteiger partial charge in [-0.15, -0.1) is 0 Å². The number of ether oxygens (including phenoxy) is 3. The Bertz CT molecular complexity index is 1550. The number of halogens is 2. The van der Waals surface area contributed by atoms with Crippen molar-refractivity contribution in [2.24, 2.45) is 0 Å². The molecule has 0 saturated carbocycles. The smallest absolute Gasteiger partial charge is 0.257 e. The first-order valence-electron chi connectivity index (χ1n) is 14.2. The van der Waals surface area contributed by atoms with Crippen molar-refractivity contribution >= 4 is 46.2 Å². The number of hydrogen-bond donors (Lipinski definition) is 1. The number of hydrogen-bond acceptors (Lipinski definition) is 7. The van der Waals surface area contributed by atoms with Gasteiger partial charge in [-0.2, -0.15) is 0 Å². The van der Waals surface area contributed by atoms with Crippen LogP contribution in [0.15, 0.2) is 91.3 Å². The molecular weight excluding hydrogens is 587 g/mol. The first-order valence-corrected chi connectivity index (χ1v) is 14.9. The summed E-state index contributed by atoms with van der Waals surface area (Å²) in [7, 11) is 0. The summed E-state index contributed by atoms with van der Waals surface area (Å²) in [6, 6.07) is 24.9. The van der Waals surface area contributed by atoms with Crippen molar-refractivity contribution in [3.63, 3.8) is 0 Å². The number of nitrogens with one attached hydrogen (secondary N) is 1. The van der Waals surface area contributed by atoms with E-state index in [1.807, 2.05) is 49.4 Å². The lowest BCUT2D eigenvalue weighted by Gasteiger charge is -2.37. The molecule has 0 spiro atoms. The van der Waals surface area contributed by atoms with Gasteiger partial charge in [0.1, 0.15) is 18.5 Å². The minimum Gasteiger partial charge on any atom is -0.491 e. The number of anilines is 3. The Morgan fingerprint density at radius 2 is 1.65 bits per heavy atom. The zero-order valence-corrected chi connectivity index (χ0v) is 25.2. The fourth-order valence-electron chi connectivity index (χ4n) is 5.34. The van der Waals surface area contributed by atoms with Crippen molar-refractivity contribution in [1.82, 2.24) is 4.98 Å². The van der Waals surface area contributed by atoms with E-state index in [-0.39, 0.29) is 12.0 Å². The molecule has 1 aromatic heterocycles. The molecule has 222 valence electrons. The number of benzene rings is 3. The van der Waals surface area contributed by atoms with Gasteiger partial charge in [0.15, 0.2) is 5.79 Å². The molecule has 1 amide bonds. The molecule has 6 rings (SSSR count). The van der Waals surface area contributed by atoms with Crippen LogP contribution in [0.1, 0.15) is 22.8 Å². The van der Waals surface area contributed by atoms with E-state index in [0.717, 1.165) is 54.6 Å². The summed E-state index contributed by atoms with van der Waals surface area (Å²) in [6.07, 6.45) is 2.98. The third-order valence-corrected chi connectivity index (χ3v) is 8.24. The summed E-state index contributed by atoms with van der Waals surface area (Å²) < 4.78 is 18.2. The summed E-state index contributed by atoms with van der Waals surface area (Å²) in [5, 5.41) is 4.00. The highest BCUT2D eigenvalue weighted by Gasteiger charge is 2.40. The van der Waals surface area contributed by atoms with E-state index >= 15 is 0 Å². The second kappa shape index (κ2) is 12.8. The second-order valence-electron chi connectivity index (χ2n) is 10.6. The molecule has 0 unspecified atom stereocenters. The van der Waals surface area contributed by atoms with Gasteiger partial charge >= 0.3 is 0 Å². The molecule has 3 heterocycles. The summed E-state index contributed by atoms with van der Waals surface area (Å²) >= 11 is 12.4. The summed E-state index contributed by atoms with van der Waals surface area (Å²) in [6.45, 7) is 6.23. The molecule has 1 N–H and O–H groups in total. The van der Waals surface area contributed by atoms with Crippen LogP contribution < -0.4 is 19.9 Å². The monoisotopic (exact) mass is 618 g/mol. The first-order chi connectivity index (χ1) is 20.9. The van der Waals surface area contributed by atoms with Crippen LogP contribution in [-0.2, 0) is 15.3 Å². The van der Waals surface area contributed by atoms with Crippen molar-refractivity contribution in [2.45, 2.75) is 18.8 Å². The topological polar surface area (TPSA) is 76.2 Å². The van der Waals surface area contributed by atoms with Crippen LogP contribution >= 0.6 is 23.2 Å². The lowest BCUT2D eigenvalue weighted by atomic mass is 10.1. The van der Waals surface area contributed by atoms with Gasteiger partial charge in [-0.3, -0.25) is 9.78 Å². The van der Waals surface area contributed by atoms with Crippen molar-refractivity contribution in [2.75, 3.05) is 54.5 Å². The number of amides is 1. The molecule has 0 radical (unpaired) electrons. The number of aromatic nitrogens is 1. The van der Waals surface area contributed by atoms with Crippen LogP contribution in [0.2, 0.25) is 10.0 Å². The Hall–Kier alpha value is -3.82. The minimum absolute atomic E-state index is 0.172. The van der Waals surface area contributed by atoms with Crippen LogP contribution in [0.25, 0.3) is 0 Å². The van der Waals surface area contributed by atoms with Crippen LogP contribution in [0.3, 0.4) is 0 Å². The fourth-order valence-corrected chi connectivity index (χ4v) is 5.92. The maximum atomic E-state index is 12.4. The van der Waals surface area contributed by atoms with E-state index in [0.29, 0.717) is 28.8 Å². The molecule has 3 aromatic carbocycles. The Labute approximate surface area is 261 Å². The molecular formula is C33H32Cl2N4O4. The van der Waals surface area contributed by atoms with Crippen molar-refractivity contribution in [1.29, 1.82) is 0 Å². The van der Waals surface area contributed by atoms with Gasteiger partial charge < -0.3 is 29.3 Å². The van der Waals surface area contributed by atoms with E-state index in [2.05, 4.69) is 32.2 Å². The van der Waals surface area contributed by atoms with Gasteiger partial charge in [-0.1, -0.05) is 29.3 Å². The highest BCUT2D eigenvalue weighted by atomic mass is 35.5. The molecule has 0 aliphatic carbocycles. The molecule has 2 aliphatic rings. The molecule has 10 heteroatoms. The third-order valence-electron chi connectivity index (χ3n) is 7.69. The van der Waals surface area contributed by atoms with E-state index < -0.39 is 5.79 Å². The van der Waals surface area contributed by atoms with E-state index in [4.69, 9.17) is 37.4 Å². The van der Waals surface area contributed by atoms with Gasteiger partial charge in [0.2, 0.25) is 0 Å². The maximum Gasteiger partial charge on any atom is 0.257 e. The zero-order chi connectivity index (χ0) is 29.8. The molecule has 2 aliphatic heterocycles. The number of nitrogens with zero attached hydrogens (tertiary/aromatic N) is 3. The predicted molar refractivity (Wildman–Crippen MR) is 170 cm³/mol. The second-order valence-corrected chi connectivity index (χ2v) is 11.5. The third kappa shape index (κ3) is 6.89. The molecule has 0 bridgehead atoms. The van der Waals surface area contributed by atoms with E-state index in [9.17, 15) is 4.79 Å². The van der Waals surface area contributed by atoms with Gasteiger partial charge in [0.05, 0.1) is 17.2 Å².